The minimum atomic E-state index is -0.753. The molecule has 2 N–H and O–H groups in total. The van der Waals surface area contributed by atoms with Crippen molar-refractivity contribution in [2.75, 3.05) is 13.1 Å². The van der Waals surface area contributed by atoms with Gasteiger partial charge in [-0.15, -0.1) is 11.3 Å². The van der Waals surface area contributed by atoms with Crippen molar-refractivity contribution in [2.45, 2.75) is 70.4 Å². The van der Waals surface area contributed by atoms with Crippen LogP contribution in [0.2, 0.25) is 0 Å². The van der Waals surface area contributed by atoms with Gasteiger partial charge in [0.1, 0.15) is 12.1 Å². The lowest BCUT2D eigenvalue weighted by atomic mass is 10.0. The Hall–Kier alpha value is -3.19. The van der Waals surface area contributed by atoms with Crippen LogP contribution in [0.4, 0.5) is 0 Å². The zero-order valence-electron chi connectivity index (χ0n) is 21.6. The molecule has 0 bridgehead atoms. The molecule has 0 saturated carbocycles. The van der Waals surface area contributed by atoms with Crippen LogP contribution < -0.4 is 10.6 Å². The van der Waals surface area contributed by atoms with Gasteiger partial charge in [0.15, 0.2) is 0 Å². The van der Waals surface area contributed by atoms with Gasteiger partial charge in [-0.05, 0) is 47.2 Å². The van der Waals surface area contributed by atoms with Crippen LogP contribution in [-0.4, -0.2) is 47.8 Å². The lowest BCUT2D eigenvalue weighted by molar-refractivity contribution is -0.136. The first-order valence-electron chi connectivity index (χ1n) is 13.4. The summed E-state index contributed by atoms with van der Waals surface area (Å²) >= 11 is 1.64. The molecular weight excluding hydrogens is 482 g/mol. The number of hydrogen-bond acceptors (Lipinski definition) is 4. The fourth-order valence-electron chi connectivity index (χ4n) is 4.90. The summed E-state index contributed by atoms with van der Waals surface area (Å²) in [6.45, 7) is 3.54. The third-order valence-corrected chi connectivity index (χ3v) is 7.97. The van der Waals surface area contributed by atoms with Crippen LogP contribution in [0.15, 0.2) is 60.0 Å². The van der Waals surface area contributed by atoms with Gasteiger partial charge >= 0.3 is 0 Å². The zero-order valence-corrected chi connectivity index (χ0v) is 22.4. The van der Waals surface area contributed by atoms with E-state index >= 15 is 0 Å². The second-order valence-corrected chi connectivity index (χ2v) is 10.7. The number of benzene rings is 2. The van der Waals surface area contributed by atoms with Crippen molar-refractivity contribution in [1.82, 2.24) is 15.5 Å². The molecule has 0 spiro atoms. The Kier molecular flexibility index (Phi) is 9.71. The Morgan fingerprint density at radius 1 is 0.892 bits per heavy atom. The number of carbonyl (C=O) groups excluding carboxylic acids is 3. The summed E-state index contributed by atoms with van der Waals surface area (Å²) in [5, 5.41) is 9.18. The van der Waals surface area contributed by atoms with Crippen molar-refractivity contribution in [3.8, 4) is 0 Å². The molecule has 1 aliphatic heterocycles. The van der Waals surface area contributed by atoms with E-state index < -0.39 is 12.1 Å². The number of nitrogens with one attached hydrogen (secondary N) is 2. The third kappa shape index (κ3) is 7.41. The number of amides is 3. The Morgan fingerprint density at radius 2 is 1.62 bits per heavy atom. The van der Waals surface area contributed by atoms with E-state index in [1.54, 1.807) is 11.3 Å². The summed E-state index contributed by atoms with van der Waals surface area (Å²) in [4.78, 5) is 41.7. The van der Waals surface area contributed by atoms with Gasteiger partial charge < -0.3 is 15.5 Å². The van der Waals surface area contributed by atoms with Crippen LogP contribution in [0.5, 0.6) is 0 Å². The predicted octanol–water partition coefficient (Wildman–Crippen LogP) is 4.86. The highest BCUT2D eigenvalue weighted by Gasteiger charge is 2.31. The van der Waals surface area contributed by atoms with Crippen LogP contribution >= 0.6 is 11.3 Å². The fraction of sp³-hybridized carbons (Fsp3) is 0.433. The summed E-state index contributed by atoms with van der Waals surface area (Å²) in [5.74, 6) is -0.491. The number of thiophene rings is 1. The molecule has 0 unspecified atom stereocenters. The molecule has 1 fully saturated rings. The standard InChI is InChI=1S/C30H37N3O3S/c1-2-3-5-16-28(34)31-25(20-23-21-37-27-15-9-8-14-24(23)27)29(35)32-26(19-22-12-6-4-7-13-22)30(36)33-17-10-11-18-33/h4,6-9,12-15,21,25-26H,2-3,5,10-11,16-20H2,1H3,(H,31,34)(H,32,35)/t25-,26-/m0/s1. The van der Waals surface area contributed by atoms with E-state index in [4.69, 9.17) is 0 Å². The lowest BCUT2D eigenvalue weighted by Crippen LogP contribution is -2.55. The van der Waals surface area contributed by atoms with Gasteiger partial charge in [-0.3, -0.25) is 14.4 Å². The monoisotopic (exact) mass is 519 g/mol. The molecule has 1 saturated heterocycles. The number of unbranched alkanes of at least 4 members (excludes halogenated alkanes) is 2. The van der Waals surface area contributed by atoms with E-state index in [2.05, 4.69) is 29.0 Å². The molecule has 6 nitrogen and oxygen atoms in total. The summed E-state index contributed by atoms with van der Waals surface area (Å²) in [5.41, 5.74) is 2.02. The molecular formula is C30H37N3O3S. The van der Waals surface area contributed by atoms with E-state index in [1.807, 2.05) is 53.4 Å². The van der Waals surface area contributed by atoms with Gasteiger partial charge in [0.05, 0.1) is 0 Å². The van der Waals surface area contributed by atoms with Crippen LogP contribution in [-0.2, 0) is 27.2 Å². The van der Waals surface area contributed by atoms with Gasteiger partial charge in [-0.1, -0.05) is 68.3 Å². The number of rotatable bonds is 12. The van der Waals surface area contributed by atoms with Crippen molar-refractivity contribution in [1.29, 1.82) is 0 Å². The SMILES string of the molecule is CCCCCC(=O)N[C@@H](Cc1csc2ccccc12)C(=O)N[C@@H](Cc1ccccc1)C(=O)N1CCCC1. The Bertz CT molecular complexity index is 1190. The van der Waals surface area contributed by atoms with Crippen LogP contribution in [0, 0.1) is 0 Å². The number of hydrogen-bond donors (Lipinski definition) is 2. The van der Waals surface area contributed by atoms with E-state index in [0.717, 1.165) is 66.4 Å². The third-order valence-electron chi connectivity index (χ3n) is 6.96. The molecule has 2 atom stereocenters. The molecule has 0 radical (unpaired) electrons. The molecule has 2 heterocycles. The predicted molar refractivity (Wildman–Crippen MR) is 149 cm³/mol. The second-order valence-electron chi connectivity index (χ2n) is 9.82. The minimum absolute atomic E-state index is 0.0521. The van der Waals surface area contributed by atoms with Crippen LogP contribution in [0.1, 0.15) is 56.6 Å². The van der Waals surface area contributed by atoms with Crippen molar-refractivity contribution in [2.24, 2.45) is 0 Å². The van der Waals surface area contributed by atoms with E-state index in [-0.39, 0.29) is 17.7 Å². The Labute approximate surface area is 223 Å². The van der Waals surface area contributed by atoms with Gasteiger partial charge in [0.25, 0.3) is 0 Å². The highest BCUT2D eigenvalue weighted by Crippen LogP contribution is 2.26. The lowest BCUT2D eigenvalue weighted by Gasteiger charge is -2.26. The highest BCUT2D eigenvalue weighted by atomic mass is 32.1. The molecule has 1 aliphatic rings. The minimum Gasteiger partial charge on any atom is -0.344 e. The molecule has 7 heteroatoms. The van der Waals surface area contributed by atoms with E-state index in [1.165, 1.54) is 0 Å². The van der Waals surface area contributed by atoms with E-state index in [9.17, 15) is 14.4 Å². The maximum Gasteiger partial charge on any atom is 0.245 e. The number of likely N-dealkylation sites (tertiary alicyclic amines) is 1. The zero-order chi connectivity index (χ0) is 26.0. The maximum absolute atomic E-state index is 13.7. The van der Waals surface area contributed by atoms with Crippen LogP contribution in [0.25, 0.3) is 10.1 Å². The molecule has 1 aromatic heterocycles. The average Bonchev–Trinajstić information content (AvgIpc) is 3.59. The van der Waals surface area contributed by atoms with Crippen molar-refractivity contribution in [3.05, 3.63) is 71.1 Å². The molecule has 2 aromatic carbocycles. The molecule has 3 aromatic rings. The summed E-state index contributed by atoms with van der Waals surface area (Å²) < 4.78 is 1.15. The van der Waals surface area contributed by atoms with Crippen molar-refractivity contribution < 1.29 is 14.4 Å². The maximum atomic E-state index is 13.7. The quantitative estimate of drug-likeness (QED) is 0.336. The van der Waals surface area contributed by atoms with Crippen LogP contribution in [0.3, 0.4) is 0 Å². The molecule has 3 amide bonds. The average molecular weight is 520 g/mol. The Balaban J connectivity index is 1.54. The number of nitrogens with zero attached hydrogens (tertiary/aromatic N) is 1. The number of carbonyl (C=O) groups is 3. The molecule has 196 valence electrons. The topological polar surface area (TPSA) is 78.5 Å². The molecule has 37 heavy (non-hydrogen) atoms. The first kappa shape index (κ1) is 26.9. The van der Waals surface area contributed by atoms with Crippen molar-refractivity contribution >= 4 is 39.1 Å². The molecule has 0 aliphatic carbocycles. The van der Waals surface area contributed by atoms with Gasteiger partial charge in [-0.25, -0.2) is 0 Å². The van der Waals surface area contributed by atoms with Gasteiger partial charge in [-0.2, -0.15) is 0 Å². The second kappa shape index (κ2) is 13.4. The largest absolute Gasteiger partial charge is 0.344 e. The smallest absolute Gasteiger partial charge is 0.245 e. The van der Waals surface area contributed by atoms with Gasteiger partial charge in [0.2, 0.25) is 17.7 Å². The summed E-state index contributed by atoms with van der Waals surface area (Å²) in [6, 6.07) is 16.4. The Morgan fingerprint density at radius 3 is 2.38 bits per heavy atom. The van der Waals surface area contributed by atoms with E-state index in [0.29, 0.717) is 19.3 Å². The van der Waals surface area contributed by atoms with Gasteiger partial charge in [0, 0.05) is 37.1 Å². The summed E-state index contributed by atoms with van der Waals surface area (Å²) in [6.07, 6.45) is 5.95. The first-order chi connectivity index (χ1) is 18.0. The summed E-state index contributed by atoms with van der Waals surface area (Å²) in [7, 11) is 0. The normalized spacial score (nSPS) is 14.9. The molecule has 4 rings (SSSR count). The van der Waals surface area contributed by atoms with Crippen molar-refractivity contribution in [3.63, 3.8) is 0 Å². The number of fused-ring (bicyclic) bond motifs is 1. The fourth-order valence-corrected chi connectivity index (χ4v) is 5.88. The highest BCUT2D eigenvalue weighted by molar-refractivity contribution is 7.17. The first-order valence-corrected chi connectivity index (χ1v) is 14.3.